The number of rotatable bonds is 3. The smallest absolute Gasteiger partial charge is 0.338 e. The van der Waals surface area contributed by atoms with E-state index in [2.05, 4.69) is 9.97 Å². The zero-order valence-electron chi connectivity index (χ0n) is 10.5. The number of aromatic carboxylic acids is 1. The van der Waals surface area contributed by atoms with Crippen LogP contribution in [0.5, 0.6) is 0 Å². The Labute approximate surface area is 118 Å². The van der Waals surface area contributed by atoms with Crippen molar-refractivity contribution in [1.82, 2.24) is 9.97 Å². The second kappa shape index (κ2) is 4.97. The normalized spacial score (nSPS) is 10.8. The number of nitrogens with zero attached hydrogens (tertiary/aromatic N) is 2. The van der Waals surface area contributed by atoms with Crippen LogP contribution in [0.15, 0.2) is 51.1 Å². The Morgan fingerprint density at radius 2 is 2.00 bits per heavy atom. The maximum atomic E-state index is 11.2. The van der Waals surface area contributed by atoms with Crippen molar-refractivity contribution in [1.29, 1.82) is 0 Å². The van der Waals surface area contributed by atoms with Crippen LogP contribution in [0.4, 0.5) is 0 Å². The molecule has 0 radical (unpaired) electrons. The highest BCUT2D eigenvalue weighted by atomic mass is 32.2. The van der Waals surface area contributed by atoms with Gasteiger partial charge in [0, 0.05) is 5.69 Å². The lowest BCUT2D eigenvalue weighted by molar-refractivity contribution is 0.0692. The molecule has 2 heterocycles. The second-order valence-corrected chi connectivity index (χ2v) is 5.10. The van der Waals surface area contributed by atoms with Crippen LogP contribution in [0, 0.1) is 6.92 Å². The molecule has 0 spiro atoms. The molecule has 3 rings (SSSR count). The van der Waals surface area contributed by atoms with Gasteiger partial charge in [-0.05, 0) is 43.0 Å². The van der Waals surface area contributed by atoms with Crippen molar-refractivity contribution in [3.63, 3.8) is 0 Å². The largest absolute Gasteiger partial charge is 0.478 e. The standard InChI is InChI=1S/C14H10N2O3S/c1-8-6-7-9(13(17)18)12(15-8)20-14-16-10-4-2-3-5-11(10)19-14/h2-7H,1H3,(H,17,18). The summed E-state index contributed by atoms with van der Waals surface area (Å²) in [5, 5.41) is 9.93. The molecule has 0 fully saturated rings. The van der Waals surface area contributed by atoms with Gasteiger partial charge in [-0.2, -0.15) is 0 Å². The van der Waals surface area contributed by atoms with Crippen LogP contribution in [0.1, 0.15) is 16.1 Å². The fraction of sp³-hybridized carbons (Fsp3) is 0.0714. The molecule has 2 aromatic heterocycles. The van der Waals surface area contributed by atoms with Crippen molar-refractivity contribution in [2.75, 3.05) is 0 Å². The van der Waals surface area contributed by atoms with Gasteiger partial charge in [0.2, 0.25) is 0 Å². The number of pyridine rings is 1. The van der Waals surface area contributed by atoms with E-state index in [-0.39, 0.29) is 5.56 Å². The van der Waals surface area contributed by atoms with E-state index >= 15 is 0 Å². The SMILES string of the molecule is Cc1ccc(C(=O)O)c(Sc2nc3ccccc3o2)n1. The average molecular weight is 286 g/mol. The first-order chi connectivity index (χ1) is 9.63. The Balaban J connectivity index is 2.01. The number of oxazole rings is 1. The summed E-state index contributed by atoms with van der Waals surface area (Å²) in [6.07, 6.45) is 0. The van der Waals surface area contributed by atoms with Gasteiger partial charge in [0.1, 0.15) is 10.5 Å². The van der Waals surface area contributed by atoms with Gasteiger partial charge >= 0.3 is 5.97 Å². The summed E-state index contributed by atoms with van der Waals surface area (Å²) in [6.45, 7) is 1.81. The molecule has 0 aliphatic carbocycles. The van der Waals surface area contributed by atoms with Crippen LogP contribution < -0.4 is 0 Å². The van der Waals surface area contributed by atoms with Crippen LogP contribution in [0.2, 0.25) is 0 Å². The highest BCUT2D eigenvalue weighted by Crippen LogP contribution is 2.30. The van der Waals surface area contributed by atoms with Crippen molar-refractivity contribution in [2.45, 2.75) is 17.2 Å². The van der Waals surface area contributed by atoms with Crippen molar-refractivity contribution in [2.24, 2.45) is 0 Å². The van der Waals surface area contributed by atoms with E-state index in [1.807, 2.05) is 31.2 Å². The summed E-state index contributed by atoms with van der Waals surface area (Å²) in [4.78, 5) is 19.7. The van der Waals surface area contributed by atoms with Gasteiger partial charge in [-0.1, -0.05) is 12.1 Å². The minimum absolute atomic E-state index is 0.142. The number of carbonyl (C=O) groups is 1. The minimum Gasteiger partial charge on any atom is -0.478 e. The molecular weight excluding hydrogens is 276 g/mol. The first-order valence-corrected chi connectivity index (χ1v) is 6.69. The molecule has 0 saturated carbocycles. The van der Waals surface area contributed by atoms with Gasteiger partial charge < -0.3 is 9.52 Å². The predicted octanol–water partition coefficient (Wildman–Crippen LogP) is 3.38. The number of para-hydroxylation sites is 2. The van der Waals surface area contributed by atoms with Crippen LogP contribution in [-0.2, 0) is 0 Å². The van der Waals surface area contributed by atoms with Gasteiger partial charge in [0.05, 0.1) is 5.56 Å². The van der Waals surface area contributed by atoms with E-state index in [4.69, 9.17) is 4.42 Å². The number of aryl methyl sites for hydroxylation is 1. The Kier molecular flexibility index (Phi) is 3.15. The lowest BCUT2D eigenvalue weighted by atomic mass is 10.2. The third kappa shape index (κ3) is 2.37. The topological polar surface area (TPSA) is 76.2 Å². The molecule has 6 heteroatoms. The fourth-order valence-corrected chi connectivity index (χ4v) is 2.65. The maximum absolute atomic E-state index is 11.2. The molecular formula is C14H10N2O3S. The van der Waals surface area contributed by atoms with E-state index in [1.165, 1.54) is 6.07 Å². The fourth-order valence-electron chi connectivity index (χ4n) is 1.75. The van der Waals surface area contributed by atoms with Crippen molar-refractivity contribution >= 4 is 28.8 Å². The second-order valence-electron chi connectivity index (χ2n) is 4.16. The molecule has 5 nitrogen and oxygen atoms in total. The minimum atomic E-state index is -1.02. The highest BCUT2D eigenvalue weighted by molar-refractivity contribution is 7.99. The van der Waals surface area contributed by atoms with Crippen LogP contribution in [0.3, 0.4) is 0 Å². The lowest BCUT2D eigenvalue weighted by Gasteiger charge is -2.02. The van der Waals surface area contributed by atoms with E-state index in [9.17, 15) is 9.90 Å². The quantitative estimate of drug-likeness (QED) is 0.795. The average Bonchev–Trinajstić information content (AvgIpc) is 2.80. The molecule has 1 N–H and O–H groups in total. The third-order valence-electron chi connectivity index (χ3n) is 2.69. The molecule has 0 bridgehead atoms. The highest BCUT2D eigenvalue weighted by Gasteiger charge is 2.16. The van der Waals surface area contributed by atoms with Crippen molar-refractivity contribution < 1.29 is 14.3 Å². The number of hydrogen-bond donors (Lipinski definition) is 1. The van der Waals surface area contributed by atoms with Gasteiger partial charge in [0.15, 0.2) is 5.58 Å². The molecule has 0 unspecified atom stereocenters. The third-order valence-corrected chi connectivity index (χ3v) is 3.54. The van der Waals surface area contributed by atoms with E-state index in [1.54, 1.807) is 6.07 Å². The molecule has 100 valence electrons. The number of carboxylic acids is 1. The monoisotopic (exact) mass is 286 g/mol. The summed E-state index contributed by atoms with van der Waals surface area (Å²) >= 11 is 1.11. The summed E-state index contributed by atoms with van der Waals surface area (Å²) in [5.41, 5.74) is 2.29. The number of fused-ring (bicyclic) bond motifs is 1. The molecule has 1 aromatic carbocycles. The Hall–Kier alpha value is -2.34. The zero-order valence-corrected chi connectivity index (χ0v) is 11.3. The Morgan fingerprint density at radius 3 is 2.75 bits per heavy atom. The summed E-state index contributed by atoms with van der Waals surface area (Å²) in [5.74, 6) is -1.02. The predicted molar refractivity (Wildman–Crippen MR) is 74.1 cm³/mol. The molecule has 3 aromatic rings. The lowest BCUT2D eigenvalue weighted by Crippen LogP contribution is -2.01. The van der Waals surface area contributed by atoms with E-state index in [0.29, 0.717) is 15.8 Å². The zero-order chi connectivity index (χ0) is 14.1. The van der Waals surface area contributed by atoms with Gasteiger partial charge in [-0.3, -0.25) is 0 Å². The molecule has 0 saturated heterocycles. The molecule has 0 aliphatic rings. The van der Waals surface area contributed by atoms with Crippen LogP contribution >= 0.6 is 11.8 Å². The molecule has 20 heavy (non-hydrogen) atoms. The first-order valence-electron chi connectivity index (χ1n) is 5.88. The summed E-state index contributed by atoms with van der Waals surface area (Å²) in [7, 11) is 0. The maximum Gasteiger partial charge on any atom is 0.338 e. The van der Waals surface area contributed by atoms with Gasteiger partial charge in [-0.15, -0.1) is 0 Å². The van der Waals surface area contributed by atoms with Crippen molar-refractivity contribution in [3.05, 3.63) is 47.7 Å². The summed E-state index contributed by atoms with van der Waals surface area (Å²) in [6, 6.07) is 10.6. The molecule has 0 aliphatic heterocycles. The molecule has 0 atom stereocenters. The number of aromatic nitrogens is 2. The first kappa shape index (κ1) is 12.7. The molecule has 0 amide bonds. The Bertz CT molecular complexity index is 765. The number of carboxylic acid groups (broad SMARTS) is 1. The van der Waals surface area contributed by atoms with Crippen LogP contribution in [0.25, 0.3) is 11.1 Å². The van der Waals surface area contributed by atoms with Gasteiger partial charge in [0.25, 0.3) is 5.22 Å². The number of hydrogen-bond acceptors (Lipinski definition) is 5. The van der Waals surface area contributed by atoms with Crippen molar-refractivity contribution in [3.8, 4) is 0 Å². The van der Waals surface area contributed by atoms with E-state index in [0.717, 1.165) is 23.0 Å². The Morgan fingerprint density at radius 1 is 1.20 bits per heavy atom. The summed E-state index contributed by atoms with van der Waals surface area (Å²) < 4.78 is 5.57. The van der Waals surface area contributed by atoms with Gasteiger partial charge in [-0.25, -0.2) is 14.8 Å². The number of benzene rings is 1. The van der Waals surface area contributed by atoms with Crippen LogP contribution in [-0.4, -0.2) is 21.0 Å². The van der Waals surface area contributed by atoms with E-state index < -0.39 is 5.97 Å².